The largest absolute Gasteiger partial charge is 0.473 e. The van der Waals surface area contributed by atoms with Gasteiger partial charge in [-0.1, -0.05) is 6.07 Å². The summed E-state index contributed by atoms with van der Waals surface area (Å²) < 4.78 is 46.2. The number of benzene rings is 2. The minimum absolute atomic E-state index is 0.0262. The lowest BCUT2D eigenvalue weighted by atomic mass is 10.1. The number of halogens is 3. The first-order valence-electron chi connectivity index (χ1n) is 16.9. The van der Waals surface area contributed by atoms with Gasteiger partial charge in [-0.15, -0.1) is 0 Å². The third-order valence-corrected chi connectivity index (χ3v) is 8.37. The predicted molar refractivity (Wildman–Crippen MR) is 197 cm³/mol. The number of aryl methyl sites for hydroxylation is 1. The van der Waals surface area contributed by atoms with E-state index in [0.717, 1.165) is 60.5 Å². The van der Waals surface area contributed by atoms with Gasteiger partial charge >= 0.3 is 30.1 Å². The number of ether oxygens (including phenoxy) is 1. The molecule has 4 heterocycles. The van der Waals surface area contributed by atoms with Crippen LogP contribution in [0.25, 0.3) is 10.9 Å². The Morgan fingerprint density at radius 3 is 2.02 bits per heavy atom. The summed E-state index contributed by atoms with van der Waals surface area (Å²) in [7, 11) is 1.87. The smallest absolute Gasteiger partial charge is 0.416 e. The monoisotopic (exact) mass is 808 g/mol. The topological polar surface area (TPSA) is 242 Å². The number of carbonyl (C=O) groups excluding carboxylic acids is 2. The molecule has 2 aromatic carbocycles. The van der Waals surface area contributed by atoms with Gasteiger partial charge in [-0.05, 0) is 73.7 Å². The van der Waals surface area contributed by atoms with Crippen LogP contribution in [0.4, 0.5) is 18.9 Å². The molecule has 6 rings (SSSR count). The van der Waals surface area contributed by atoms with Crippen LogP contribution in [-0.4, -0.2) is 106 Å². The van der Waals surface area contributed by atoms with Gasteiger partial charge in [-0.25, -0.2) is 24.2 Å². The molecule has 304 valence electrons. The van der Waals surface area contributed by atoms with Gasteiger partial charge in [0.25, 0.3) is 11.8 Å². The first kappa shape index (κ1) is 43.4. The van der Waals surface area contributed by atoms with E-state index in [1.165, 1.54) is 6.20 Å². The van der Waals surface area contributed by atoms with E-state index < -0.39 is 41.5 Å². The van der Waals surface area contributed by atoms with Crippen LogP contribution in [0.3, 0.4) is 0 Å². The molecule has 1 saturated heterocycles. The van der Waals surface area contributed by atoms with Crippen molar-refractivity contribution in [2.45, 2.75) is 25.7 Å². The number of hydrogen-bond donors (Lipinski definition) is 5. The molecular weight excluding hydrogens is 773 g/mol. The van der Waals surface area contributed by atoms with Crippen molar-refractivity contribution in [1.29, 1.82) is 0 Å². The third-order valence-electron chi connectivity index (χ3n) is 8.37. The lowest BCUT2D eigenvalue weighted by Crippen LogP contribution is -2.53. The lowest BCUT2D eigenvalue weighted by Gasteiger charge is -2.39. The summed E-state index contributed by atoms with van der Waals surface area (Å²) in [6, 6.07) is 20.4. The number of carbonyl (C=O) groups is 6. The van der Waals surface area contributed by atoms with Gasteiger partial charge < -0.3 is 39.9 Å². The number of carboxylic acid groups (broad SMARTS) is 4. The van der Waals surface area contributed by atoms with E-state index in [9.17, 15) is 22.8 Å². The van der Waals surface area contributed by atoms with Crippen molar-refractivity contribution in [1.82, 2.24) is 24.3 Å². The van der Waals surface area contributed by atoms with E-state index in [4.69, 9.17) is 44.3 Å². The Kier molecular flexibility index (Phi) is 14.2. The minimum Gasteiger partial charge on any atom is -0.473 e. The molecule has 5 aromatic rings. The standard InChI is InChI=1S/C34H31F3N6O3.2C2H2O4/c1-22-20-42(21-27-5-3-4-14-38-27)15-16-43(22)33(45)30-18-24-17-28(11-12-29(24)41(30)2)46-31-13-10-26(19-39-31)40-32(44)23-6-8-25(9-7-23)34(35,36)37;2*3-1(4)2(5)6/h3-14,17-19,22H,15-16,20-21H2,1-2H3,(H,40,44);2*(H,3,4)(H,5,6)/t22-;;/m1../s1. The number of carboxylic acids is 4. The van der Waals surface area contributed by atoms with Crippen LogP contribution in [0, 0.1) is 0 Å². The summed E-state index contributed by atoms with van der Waals surface area (Å²) in [6.45, 7) is 4.96. The maximum Gasteiger partial charge on any atom is 0.416 e. The predicted octanol–water partition coefficient (Wildman–Crippen LogP) is 4.69. The SMILES string of the molecule is C[C@@H]1CN(Cc2ccccn2)CCN1C(=O)c1cc2cc(Oc3ccc(NC(=O)c4ccc(C(F)(F)F)cc4)cn3)ccc2n1C.O=C(O)C(=O)O.O=C(O)C(=O)O. The van der Waals surface area contributed by atoms with Crippen LogP contribution < -0.4 is 10.1 Å². The first-order valence-corrected chi connectivity index (χ1v) is 16.9. The Balaban J connectivity index is 0.000000542. The number of aliphatic carboxylic acids is 4. The van der Waals surface area contributed by atoms with Crippen LogP contribution in [-0.2, 0) is 38.9 Å². The zero-order valence-corrected chi connectivity index (χ0v) is 30.6. The Hall–Kier alpha value is -7.35. The van der Waals surface area contributed by atoms with Gasteiger partial charge in [-0.2, -0.15) is 13.2 Å². The second-order valence-corrected chi connectivity index (χ2v) is 12.4. The quantitative estimate of drug-likeness (QED) is 0.140. The molecular formula is C38H35F3N6O11. The normalized spacial score (nSPS) is 13.9. The van der Waals surface area contributed by atoms with Crippen molar-refractivity contribution in [3.05, 3.63) is 114 Å². The van der Waals surface area contributed by atoms with Crippen LogP contribution in [0.5, 0.6) is 11.6 Å². The van der Waals surface area contributed by atoms with Crippen molar-refractivity contribution in [2.75, 3.05) is 25.0 Å². The summed E-state index contributed by atoms with van der Waals surface area (Å²) in [6.07, 6.45) is -1.29. The molecule has 58 heavy (non-hydrogen) atoms. The summed E-state index contributed by atoms with van der Waals surface area (Å²) >= 11 is 0. The molecule has 2 amide bonds. The highest BCUT2D eigenvalue weighted by Crippen LogP contribution is 2.30. The van der Waals surface area contributed by atoms with Crippen molar-refractivity contribution >= 4 is 52.3 Å². The van der Waals surface area contributed by atoms with Crippen molar-refractivity contribution in [3.63, 3.8) is 0 Å². The maximum absolute atomic E-state index is 13.7. The number of piperazine rings is 1. The number of nitrogens with one attached hydrogen (secondary N) is 1. The maximum atomic E-state index is 13.7. The van der Waals surface area contributed by atoms with Crippen molar-refractivity contribution in [2.24, 2.45) is 7.05 Å². The van der Waals surface area contributed by atoms with Gasteiger partial charge in [0.2, 0.25) is 5.88 Å². The number of alkyl halides is 3. The second-order valence-electron chi connectivity index (χ2n) is 12.4. The van der Waals surface area contributed by atoms with E-state index in [1.807, 2.05) is 52.9 Å². The first-order chi connectivity index (χ1) is 27.3. The highest BCUT2D eigenvalue weighted by molar-refractivity contribution is 6.27. The van der Waals surface area contributed by atoms with E-state index in [1.54, 1.807) is 24.4 Å². The fraction of sp³-hybridized carbons (Fsp3) is 0.211. The molecule has 0 saturated carbocycles. The summed E-state index contributed by atoms with van der Waals surface area (Å²) in [5.74, 6) is -7.10. The number of aromatic nitrogens is 3. The molecule has 3 aromatic heterocycles. The van der Waals surface area contributed by atoms with E-state index in [0.29, 0.717) is 23.7 Å². The molecule has 1 fully saturated rings. The van der Waals surface area contributed by atoms with Gasteiger partial charge in [0.05, 0.1) is 23.1 Å². The number of fused-ring (bicyclic) bond motifs is 1. The van der Waals surface area contributed by atoms with Crippen LogP contribution in [0.2, 0.25) is 0 Å². The summed E-state index contributed by atoms with van der Waals surface area (Å²) in [5, 5.41) is 33.0. The van der Waals surface area contributed by atoms with Gasteiger partial charge in [-0.3, -0.25) is 19.5 Å². The highest BCUT2D eigenvalue weighted by Gasteiger charge is 2.31. The highest BCUT2D eigenvalue weighted by atomic mass is 19.4. The molecule has 0 aliphatic carbocycles. The minimum atomic E-state index is -4.48. The van der Waals surface area contributed by atoms with Gasteiger partial charge in [0.15, 0.2) is 0 Å². The Morgan fingerprint density at radius 2 is 1.48 bits per heavy atom. The Labute approximate surface area is 326 Å². The average molecular weight is 809 g/mol. The molecule has 0 radical (unpaired) electrons. The number of rotatable bonds is 7. The summed E-state index contributed by atoms with van der Waals surface area (Å²) in [4.78, 5) is 75.4. The average Bonchev–Trinajstić information content (AvgIpc) is 3.51. The fourth-order valence-electron chi connectivity index (χ4n) is 5.59. The molecule has 1 aliphatic heterocycles. The zero-order valence-electron chi connectivity index (χ0n) is 30.6. The molecule has 0 bridgehead atoms. The molecule has 1 atom stereocenters. The van der Waals surface area contributed by atoms with E-state index in [2.05, 4.69) is 27.1 Å². The molecule has 1 aliphatic rings. The third kappa shape index (κ3) is 11.8. The van der Waals surface area contributed by atoms with Gasteiger partial charge in [0.1, 0.15) is 11.4 Å². The number of hydrogen-bond acceptors (Lipinski definition) is 10. The Bertz CT molecular complexity index is 2240. The van der Waals surface area contributed by atoms with Crippen LogP contribution in [0.15, 0.2) is 91.3 Å². The van der Waals surface area contributed by atoms with Crippen LogP contribution >= 0.6 is 0 Å². The molecule has 17 nitrogen and oxygen atoms in total. The molecule has 5 N–H and O–H groups in total. The Morgan fingerprint density at radius 1 is 0.828 bits per heavy atom. The van der Waals surface area contributed by atoms with E-state index in [-0.39, 0.29) is 23.4 Å². The number of anilines is 1. The van der Waals surface area contributed by atoms with Crippen molar-refractivity contribution < 1.29 is 67.1 Å². The molecule has 0 spiro atoms. The van der Waals surface area contributed by atoms with E-state index >= 15 is 0 Å². The number of nitrogens with zero attached hydrogens (tertiary/aromatic N) is 5. The molecule has 20 heteroatoms. The molecule has 0 unspecified atom stereocenters. The van der Waals surface area contributed by atoms with Crippen molar-refractivity contribution in [3.8, 4) is 11.6 Å². The second kappa shape index (κ2) is 19.0. The zero-order chi connectivity index (χ0) is 42.7. The summed E-state index contributed by atoms with van der Waals surface area (Å²) in [5.41, 5.74) is 2.08. The van der Waals surface area contributed by atoms with Gasteiger partial charge in [0, 0.05) is 68.0 Å². The number of amides is 2. The lowest BCUT2D eigenvalue weighted by molar-refractivity contribution is -0.159. The van der Waals surface area contributed by atoms with Crippen LogP contribution in [0.1, 0.15) is 39.0 Å². The fourth-order valence-corrected chi connectivity index (χ4v) is 5.59. The number of pyridine rings is 2.